The van der Waals surface area contributed by atoms with E-state index >= 15 is 0 Å². The number of hydrogen-bond acceptors (Lipinski definition) is 2. The molecule has 78 valence electrons. The minimum atomic E-state index is -0.494. The Bertz CT molecular complexity index is 175. The van der Waals surface area contributed by atoms with Crippen LogP contribution in [0.25, 0.3) is 0 Å². The van der Waals surface area contributed by atoms with E-state index < -0.39 is 5.60 Å². The number of hydrogen-bond donors (Lipinski definition) is 2. The van der Waals surface area contributed by atoms with Gasteiger partial charge >= 0.3 is 0 Å². The van der Waals surface area contributed by atoms with Gasteiger partial charge in [0, 0.05) is 11.6 Å². The third kappa shape index (κ3) is 2.68. The second-order valence-electron chi connectivity index (χ2n) is 5.18. The fourth-order valence-electron chi connectivity index (χ4n) is 1.95. The van der Waals surface area contributed by atoms with Gasteiger partial charge in [0.05, 0.1) is 5.60 Å². The summed E-state index contributed by atoms with van der Waals surface area (Å²) >= 11 is 0. The molecule has 0 bridgehead atoms. The molecule has 1 aliphatic carbocycles. The zero-order chi connectivity index (χ0) is 10.1. The molecule has 0 aliphatic heterocycles. The molecule has 1 rings (SSSR count). The smallest absolute Gasteiger partial charge is 0.0772 e. The van der Waals surface area contributed by atoms with Gasteiger partial charge in [-0.25, -0.2) is 0 Å². The Kier molecular flexibility index (Phi) is 3.03. The Balaban J connectivity index is 2.54. The fraction of sp³-hybridized carbons (Fsp3) is 1.00. The van der Waals surface area contributed by atoms with E-state index in [-0.39, 0.29) is 11.6 Å². The van der Waals surface area contributed by atoms with E-state index in [1.807, 2.05) is 6.92 Å². The largest absolute Gasteiger partial charge is 0.389 e. The van der Waals surface area contributed by atoms with E-state index in [0.29, 0.717) is 0 Å². The average molecular weight is 185 g/mol. The van der Waals surface area contributed by atoms with Crippen molar-refractivity contribution in [1.82, 2.24) is 5.32 Å². The van der Waals surface area contributed by atoms with Crippen molar-refractivity contribution in [3.05, 3.63) is 0 Å². The molecule has 0 heterocycles. The highest BCUT2D eigenvalue weighted by molar-refractivity contribution is 4.97. The van der Waals surface area contributed by atoms with Gasteiger partial charge in [-0.05, 0) is 46.5 Å². The van der Waals surface area contributed by atoms with Crippen molar-refractivity contribution in [1.29, 1.82) is 0 Å². The van der Waals surface area contributed by atoms with Gasteiger partial charge in [-0.1, -0.05) is 6.92 Å². The zero-order valence-electron chi connectivity index (χ0n) is 9.35. The first-order valence-corrected chi connectivity index (χ1v) is 5.37. The maximum Gasteiger partial charge on any atom is 0.0772 e. The monoisotopic (exact) mass is 185 g/mol. The summed E-state index contributed by atoms with van der Waals surface area (Å²) in [5.74, 6) is 0. The summed E-state index contributed by atoms with van der Waals surface area (Å²) in [6, 6.07) is 0.280. The molecule has 2 unspecified atom stereocenters. The van der Waals surface area contributed by atoms with Gasteiger partial charge in [-0.2, -0.15) is 0 Å². The summed E-state index contributed by atoms with van der Waals surface area (Å²) in [5.41, 5.74) is -0.342. The van der Waals surface area contributed by atoms with Crippen LogP contribution in [0.3, 0.4) is 0 Å². The summed E-state index contributed by atoms with van der Waals surface area (Å²) < 4.78 is 0. The number of rotatable bonds is 3. The number of aliphatic hydroxyl groups is 1. The fourth-order valence-corrected chi connectivity index (χ4v) is 1.95. The predicted octanol–water partition coefficient (Wildman–Crippen LogP) is 2.07. The van der Waals surface area contributed by atoms with Crippen LogP contribution in [-0.2, 0) is 0 Å². The van der Waals surface area contributed by atoms with Crippen LogP contribution >= 0.6 is 0 Å². The van der Waals surface area contributed by atoms with Crippen LogP contribution in [0.4, 0.5) is 0 Å². The molecule has 0 aromatic carbocycles. The van der Waals surface area contributed by atoms with Crippen LogP contribution in [0.15, 0.2) is 0 Å². The first-order chi connectivity index (χ1) is 5.87. The van der Waals surface area contributed by atoms with Crippen LogP contribution < -0.4 is 5.32 Å². The van der Waals surface area contributed by atoms with Crippen LogP contribution in [0, 0.1) is 0 Å². The lowest BCUT2D eigenvalue weighted by molar-refractivity contribution is 0.0290. The van der Waals surface area contributed by atoms with Crippen molar-refractivity contribution in [2.24, 2.45) is 0 Å². The molecule has 2 N–H and O–H groups in total. The van der Waals surface area contributed by atoms with E-state index in [0.717, 1.165) is 25.7 Å². The molecule has 2 heteroatoms. The quantitative estimate of drug-likeness (QED) is 0.705. The van der Waals surface area contributed by atoms with Crippen molar-refractivity contribution >= 4 is 0 Å². The molecule has 1 aliphatic rings. The van der Waals surface area contributed by atoms with Crippen molar-refractivity contribution < 1.29 is 5.11 Å². The summed E-state index contributed by atoms with van der Waals surface area (Å²) in [6.07, 6.45) is 4.28. The van der Waals surface area contributed by atoms with Gasteiger partial charge in [0.15, 0.2) is 0 Å². The zero-order valence-corrected chi connectivity index (χ0v) is 9.35. The van der Waals surface area contributed by atoms with E-state index in [2.05, 4.69) is 26.1 Å². The van der Waals surface area contributed by atoms with Gasteiger partial charge in [-0.15, -0.1) is 0 Å². The van der Waals surface area contributed by atoms with Gasteiger partial charge < -0.3 is 10.4 Å². The van der Waals surface area contributed by atoms with Crippen molar-refractivity contribution in [2.75, 3.05) is 0 Å². The molecule has 1 saturated carbocycles. The average Bonchev–Trinajstić information content (AvgIpc) is 2.31. The Morgan fingerprint density at radius 1 is 1.54 bits per heavy atom. The van der Waals surface area contributed by atoms with E-state index in [1.165, 1.54) is 0 Å². The normalized spacial score (nSPS) is 35.3. The lowest BCUT2D eigenvalue weighted by Gasteiger charge is -2.35. The standard InChI is InChI=1S/C11H23NO/c1-5-10(2,3)12-9-7-6-8-11(9,4)13/h9,12-13H,5-8H2,1-4H3. The Morgan fingerprint density at radius 2 is 2.15 bits per heavy atom. The minimum absolute atomic E-state index is 0.152. The highest BCUT2D eigenvalue weighted by Gasteiger charge is 2.38. The molecule has 0 aromatic heterocycles. The molecule has 2 nitrogen and oxygen atoms in total. The minimum Gasteiger partial charge on any atom is -0.389 e. The van der Waals surface area contributed by atoms with Crippen molar-refractivity contribution in [2.45, 2.75) is 70.6 Å². The van der Waals surface area contributed by atoms with Crippen LogP contribution in [0.1, 0.15) is 53.4 Å². The molecular weight excluding hydrogens is 162 g/mol. The SMILES string of the molecule is CCC(C)(C)NC1CCCC1(C)O. The van der Waals surface area contributed by atoms with Crippen molar-refractivity contribution in [3.63, 3.8) is 0 Å². The van der Waals surface area contributed by atoms with Crippen LogP contribution in [0.2, 0.25) is 0 Å². The molecule has 0 radical (unpaired) electrons. The summed E-state index contributed by atoms with van der Waals surface area (Å²) in [7, 11) is 0. The van der Waals surface area contributed by atoms with Gasteiger partial charge in [-0.3, -0.25) is 0 Å². The summed E-state index contributed by atoms with van der Waals surface area (Å²) in [4.78, 5) is 0. The topological polar surface area (TPSA) is 32.3 Å². The third-order valence-electron chi connectivity index (χ3n) is 3.38. The van der Waals surface area contributed by atoms with E-state index in [1.54, 1.807) is 0 Å². The third-order valence-corrected chi connectivity index (χ3v) is 3.38. The molecule has 2 atom stereocenters. The molecule has 0 saturated heterocycles. The lowest BCUT2D eigenvalue weighted by atomic mass is 9.94. The van der Waals surface area contributed by atoms with Gasteiger partial charge in [0.1, 0.15) is 0 Å². The first kappa shape index (κ1) is 11.0. The Labute approximate surface area is 81.7 Å². The first-order valence-electron chi connectivity index (χ1n) is 5.37. The number of nitrogens with one attached hydrogen (secondary N) is 1. The molecule has 0 aromatic rings. The van der Waals surface area contributed by atoms with Crippen LogP contribution in [-0.4, -0.2) is 22.3 Å². The summed E-state index contributed by atoms with van der Waals surface area (Å²) in [5, 5.41) is 13.6. The second kappa shape index (κ2) is 3.58. The highest BCUT2D eigenvalue weighted by atomic mass is 16.3. The molecule has 0 spiro atoms. The summed E-state index contributed by atoms with van der Waals surface area (Å²) in [6.45, 7) is 8.52. The van der Waals surface area contributed by atoms with E-state index in [4.69, 9.17) is 0 Å². The molecule has 0 amide bonds. The molecule has 1 fully saturated rings. The molecule has 13 heavy (non-hydrogen) atoms. The van der Waals surface area contributed by atoms with Gasteiger partial charge in [0.2, 0.25) is 0 Å². The highest BCUT2D eigenvalue weighted by Crippen LogP contribution is 2.31. The van der Waals surface area contributed by atoms with E-state index in [9.17, 15) is 5.11 Å². The van der Waals surface area contributed by atoms with Crippen LogP contribution in [0.5, 0.6) is 0 Å². The predicted molar refractivity (Wildman–Crippen MR) is 55.8 cm³/mol. The van der Waals surface area contributed by atoms with Gasteiger partial charge in [0.25, 0.3) is 0 Å². The maximum atomic E-state index is 10.1. The second-order valence-corrected chi connectivity index (χ2v) is 5.18. The Hall–Kier alpha value is -0.0800. The Morgan fingerprint density at radius 3 is 2.54 bits per heavy atom. The molecular formula is C11H23NO. The maximum absolute atomic E-state index is 10.1. The lowest BCUT2D eigenvalue weighted by Crippen LogP contribution is -2.53. The van der Waals surface area contributed by atoms with Crippen molar-refractivity contribution in [3.8, 4) is 0 Å².